The second-order valence-electron chi connectivity index (χ2n) is 5.34. The van der Waals surface area contributed by atoms with E-state index in [9.17, 15) is 14.9 Å². The normalized spacial score (nSPS) is 17.4. The first-order valence-electron chi connectivity index (χ1n) is 7.30. The third-order valence-corrected chi connectivity index (χ3v) is 3.90. The Bertz CT molecular complexity index is 592. The molecule has 8 nitrogen and oxygen atoms in total. The molecule has 2 amide bonds. The summed E-state index contributed by atoms with van der Waals surface area (Å²) in [5.41, 5.74) is 0.798. The molecule has 9 heteroatoms. The van der Waals surface area contributed by atoms with Gasteiger partial charge in [-0.15, -0.1) is 12.4 Å². The summed E-state index contributed by atoms with van der Waals surface area (Å²) in [4.78, 5) is 26.5. The molecule has 23 heavy (non-hydrogen) atoms. The van der Waals surface area contributed by atoms with Crippen molar-refractivity contribution in [3.05, 3.63) is 33.9 Å². The molecule has 1 aromatic carbocycles. The van der Waals surface area contributed by atoms with E-state index in [1.54, 1.807) is 11.0 Å². The van der Waals surface area contributed by atoms with Gasteiger partial charge < -0.3 is 19.9 Å². The molecule has 0 radical (unpaired) electrons. The fraction of sp³-hybridized carbons (Fsp3) is 0.500. The van der Waals surface area contributed by atoms with Gasteiger partial charge in [0.1, 0.15) is 12.4 Å². The first kappa shape index (κ1) is 17.3. The highest BCUT2D eigenvalue weighted by atomic mass is 35.5. The molecule has 126 valence electrons. The fourth-order valence-corrected chi connectivity index (χ4v) is 2.69. The van der Waals surface area contributed by atoms with Crippen molar-refractivity contribution in [1.29, 1.82) is 0 Å². The molecule has 0 aromatic heterocycles. The van der Waals surface area contributed by atoms with Crippen LogP contribution in [0.3, 0.4) is 0 Å². The van der Waals surface area contributed by atoms with Gasteiger partial charge in [-0.25, -0.2) is 4.79 Å². The van der Waals surface area contributed by atoms with E-state index in [0.29, 0.717) is 38.5 Å². The van der Waals surface area contributed by atoms with E-state index in [4.69, 9.17) is 4.74 Å². The van der Waals surface area contributed by atoms with Crippen LogP contribution in [0.1, 0.15) is 5.56 Å². The molecule has 2 aliphatic heterocycles. The second-order valence-corrected chi connectivity index (χ2v) is 5.34. The monoisotopic (exact) mass is 342 g/mol. The maximum Gasteiger partial charge on any atom is 0.320 e. The molecular weight excluding hydrogens is 324 g/mol. The Morgan fingerprint density at radius 2 is 1.96 bits per heavy atom. The average molecular weight is 343 g/mol. The summed E-state index contributed by atoms with van der Waals surface area (Å²) in [6.07, 6.45) is 0. The molecule has 0 bridgehead atoms. The van der Waals surface area contributed by atoms with E-state index in [1.165, 1.54) is 12.1 Å². The molecule has 1 fully saturated rings. The number of carbonyl (C=O) groups excluding carboxylic acids is 1. The van der Waals surface area contributed by atoms with Gasteiger partial charge in [-0.3, -0.25) is 10.1 Å². The number of nitro groups is 1. The predicted molar refractivity (Wildman–Crippen MR) is 86.1 cm³/mol. The number of fused-ring (bicyclic) bond motifs is 1. The number of urea groups is 1. The van der Waals surface area contributed by atoms with Gasteiger partial charge in [0.2, 0.25) is 0 Å². The minimum absolute atomic E-state index is 0. The number of hydrogen-bond donors (Lipinski definition) is 1. The zero-order valence-corrected chi connectivity index (χ0v) is 13.4. The lowest BCUT2D eigenvalue weighted by molar-refractivity contribution is -0.384. The standard InChI is InChI=1S/C14H18N4O4.ClH/c19-14(16-5-3-15-4-6-16)17-7-8-22-13-9-12(18(20)21)2-1-11(13)10-17;/h1-2,9,15H,3-8,10H2;1H. The highest BCUT2D eigenvalue weighted by Crippen LogP contribution is 2.28. The number of carbonyl (C=O) groups is 1. The van der Waals surface area contributed by atoms with Crippen LogP contribution >= 0.6 is 12.4 Å². The van der Waals surface area contributed by atoms with Crippen molar-refractivity contribution in [3.63, 3.8) is 0 Å². The Morgan fingerprint density at radius 1 is 1.22 bits per heavy atom. The van der Waals surface area contributed by atoms with Crippen molar-refractivity contribution in [2.24, 2.45) is 0 Å². The van der Waals surface area contributed by atoms with Gasteiger partial charge in [0, 0.05) is 37.8 Å². The maximum atomic E-state index is 12.6. The minimum atomic E-state index is -0.446. The van der Waals surface area contributed by atoms with Crippen molar-refractivity contribution in [3.8, 4) is 5.75 Å². The number of nitrogens with one attached hydrogen (secondary N) is 1. The van der Waals surface area contributed by atoms with Crippen LogP contribution in [-0.2, 0) is 6.54 Å². The lowest BCUT2D eigenvalue weighted by Gasteiger charge is -2.32. The largest absolute Gasteiger partial charge is 0.491 e. The SMILES string of the molecule is Cl.O=C(N1CCNCC1)N1CCOc2cc([N+](=O)[O-])ccc2C1. The predicted octanol–water partition coefficient (Wildman–Crippen LogP) is 1.24. The van der Waals surface area contributed by atoms with Gasteiger partial charge in [-0.2, -0.15) is 0 Å². The van der Waals surface area contributed by atoms with Crippen LogP contribution in [0.15, 0.2) is 18.2 Å². The van der Waals surface area contributed by atoms with E-state index >= 15 is 0 Å². The molecule has 0 spiro atoms. The summed E-state index contributed by atoms with van der Waals surface area (Å²) in [6.45, 7) is 4.23. The summed E-state index contributed by atoms with van der Waals surface area (Å²) in [7, 11) is 0. The maximum absolute atomic E-state index is 12.6. The smallest absolute Gasteiger partial charge is 0.320 e. The van der Waals surface area contributed by atoms with Gasteiger partial charge in [0.25, 0.3) is 5.69 Å². The summed E-state index contributed by atoms with van der Waals surface area (Å²) >= 11 is 0. The van der Waals surface area contributed by atoms with Crippen LogP contribution < -0.4 is 10.1 Å². The molecule has 1 saturated heterocycles. The second kappa shape index (κ2) is 7.47. The molecule has 1 N–H and O–H groups in total. The Morgan fingerprint density at radius 3 is 2.65 bits per heavy atom. The number of piperazine rings is 1. The van der Waals surface area contributed by atoms with E-state index in [1.807, 2.05) is 4.90 Å². The molecule has 2 aliphatic rings. The van der Waals surface area contributed by atoms with Crippen LogP contribution in [0.5, 0.6) is 5.75 Å². The zero-order chi connectivity index (χ0) is 15.5. The summed E-state index contributed by atoms with van der Waals surface area (Å²) < 4.78 is 5.58. The van der Waals surface area contributed by atoms with Gasteiger partial charge >= 0.3 is 6.03 Å². The molecule has 0 saturated carbocycles. The number of amides is 2. The zero-order valence-electron chi connectivity index (χ0n) is 12.6. The van der Waals surface area contributed by atoms with Crippen molar-refractivity contribution in [2.75, 3.05) is 39.3 Å². The number of ether oxygens (including phenoxy) is 1. The fourth-order valence-electron chi connectivity index (χ4n) is 2.69. The van der Waals surface area contributed by atoms with E-state index in [0.717, 1.165) is 18.7 Å². The minimum Gasteiger partial charge on any atom is -0.491 e. The van der Waals surface area contributed by atoms with Crippen molar-refractivity contribution in [1.82, 2.24) is 15.1 Å². The quantitative estimate of drug-likeness (QED) is 0.612. The average Bonchev–Trinajstić information content (AvgIpc) is 2.76. The number of benzene rings is 1. The van der Waals surface area contributed by atoms with Crippen LogP contribution in [-0.4, -0.2) is 60.1 Å². The van der Waals surface area contributed by atoms with E-state index in [-0.39, 0.29) is 24.1 Å². The summed E-state index contributed by atoms with van der Waals surface area (Å²) in [6, 6.07) is 4.53. The molecule has 0 unspecified atom stereocenters. The third-order valence-electron chi connectivity index (χ3n) is 3.90. The number of nitrogens with zero attached hydrogens (tertiary/aromatic N) is 3. The van der Waals surface area contributed by atoms with Gasteiger partial charge in [-0.1, -0.05) is 0 Å². The number of non-ortho nitro benzene ring substituents is 1. The molecular formula is C14H19ClN4O4. The Labute approximate surface area is 139 Å². The number of halogens is 1. The van der Waals surface area contributed by atoms with Crippen molar-refractivity contribution >= 4 is 24.1 Å². The molecule has 0 atom stereocenters. The van der Waals surface area contributed by atoms with Crippen molar-refractivity contribution in [2.45, 2.75) is 6.54 Å². The van der Waals surface area contributed by atoms with Crippen LogP contribution in [0.4, 0.5) is 10.5 Å². The van der Waals surface area contributed by atoms with Crippen LogP contribution in [0, 0.1) is 10.1 Å². The molecule has 3 rings (SSSR count). The Kier molecular flexibility index (Phi) is 5.62. The van der Waals surface area contributed by atoms with E-state index < -0.39 is 4.92 Å². The Hall–Kier alpha value is -2.06. The summed E-state index contributed by atoms with van der Waals surface area (Å²) in [5, 5.41) is 14.0. The highest BCUT2D eigenvalue weighted by Gasteiger charge is 2.26. The number of hydrogen-bond acceptors (Lipinski definition) is 5. The molecule has 2 heterocycles. The van der Waals surface area contributed by atoms with Crippen LogP contribution in [0.2, 0.25) is 0 Å². The topological polar surface area (TPSA) is 88.0 Å². The Balaban J connectivity index is 0.00000192. The summed E-state index contributed by atoms with van der Waals surface area (Å²) in [5.74, 6) is 0.491. The number of nitro benzene ring substituents is 1. The molecule has 0 aliphatic carbocycles. The first-order chi connectivity index (χ1) is 10.6. The van der Waals surface area contributed by atoms with Gasteiger partial charge in [-0.05, 0) is 6.07 Å². The van der Waals surface area contributed by atoms with Crippen molar-refractivity contribution < 1.29 is 14.5 Å². The highest BCUT2D eigenvalue weighted by molar-refractivity contribution is 5.85. The van der Waals surface area contributed by atoms with Gasteiger partial charge in [0.15, 0.2) is 0 Å². The third kappa shape index (κ3) is 3.83. The van der Waals surface area contributed by atoms with Gasteiger partial charge in [0.05, 0.1) is 24.1 Å². The van der Waals surface area contributed by atoms with Crippen LogP contribution in [0.25, 0.3) is 0 Å². The lowest BCUT2D eigenvalue weighted by atomic mass is 10.1. The van der Waals surface area contributed by atoms with E-state index in [2.05, 4.69) is 5.32 Å². The lowest BCUT2D eigenvalue weighted by Crippen LogP contribution is -2.51. The number of rotatable bonds is 1. The first-order valence-corrected chi connectivity index (χ1v) is 7.30. The molecule has 1 aromatic rings.